The van der Waals surface area contributed by atoms with Gasteiger partial charge in [-0.05, 0) is 58.3 Å². The van der Waals surface area contributed by atoms with Gasteiger partial charge in [-0.2, -0.15) is 29.6 Å². The van der Waals surface area contributed by atoms with Crippen molar-refractivity contribution in [2.75, 3.05) is 0 Å². The minimum atomic E-state index is -4.63. The van der Waals surface area contributed by atoms with Gasteiger partial charge in [-0.15, -0.1) is 0 Å². The Bertz CT molecular complexity index is 1280. The Morgan fingerprint density at radius 1 is 0.900 bits per heavy atom. The van der Waals surface area contributed by atoms with E-state index in [-0.39, 0.29) is 16.3 Å². The average Bonchev–Trinajstić information content (AvgIpc) is 3.37. The third kappa shape index (κ3) is 4.02. The van der Waals surface area contributed by atoms with Crippen LogP contribution in [0.1, 0.15) is 5.69 Å². The quantitative estimate of drug-likeness (QED) is 0.480. The number of sulfonamides is 1. The molecule has 4 rings (SSSR count). The molecule has 0 spiro atoms. The summed E-state index contributed by atoms with van der Waals surface area (Å²) >= 11 is 1.55. The Morgan fingerprint density at radius 3 is 2.07 bits per heavy atom. The van der Waals surface area contributed by atoms with Gasteiger partial charge in [0.1, 0.15) is 0 Å². The van der Waals surface area contributed by atoms with E-state index in [4.69, 9.17) is 5.14 Å². The second-order valence-corrected chi connectivity index (χ2v) is 8.79. The van der Waals surface area contributed by atoms with E-state index < -0.39 is 21.9 Å². The molecule has 2 N–H and O–H groups in total. The van der Waals surface area contributed by atoms with Crippen LogP contribution in [0.2, 0.25) is 0 Å². The molecule has 0 saturated carbocycles. The summed E-state index contributed by atoms with van der Waals surface area (Å²) in [6.07, 6.45) is -4.63. The number of alkyl halides is 3. The van der Waals surface area contributed by atoms with Crippen LogP contribution in [0.5, 0.6) is 0 Å². The van der Waals surface area contributed by atoms with E-state index in [2.05, 4.69) is 5.10 Å². The zero-order chi connectivity index (χ0) is 21.5. The fraction of sp³-hybridized carbons (Fsp3) is 0.0500. The first-order valence-corrected chi connectivity index (χ1v) is 11.1. The molecule has 0 unspecified atom stereocenters. The summed E-state index contributed by atoms with van der Waals surface area (Å²) in [4.78, 5) is -0.142. The molecule has 0 bridgehead atoms. The first kappa shape index (κ1) is 20.3. The SMILES string of the molecule is NS(=O)(=O)c1ccc(-n2nc(C(F)(F)F)cc2-c2ccc(-c3ccsc3)cc2)cc1. The number of nitrogens with two attached hydrogens (primary N) is 1. The van der Waals surface area contributed by atoms with Crippen LogP contribution in [0, 0.1) is 0 Å². The summed E-state index contributed by atoms with van der Waals surface area (Å²) in [5.41, 5.74) is 1.95. The van der Waals surface area contributed by atoms with Crippen molar-refractivity contribution in [3.8, 4) is 28.1 Å². The van der Waals surface area contributed by atoms with Gasteiger partial charge in [0.2, 0.25) is 10.0 Å². The molecular formula is C20H14F3N3O2S2. The molecule has 4 aromatic rings. The molecule has 0 fully saturated rings. The number of primary sulfonamides is 1. The fourth-order valence-corrected chi connectivity index (χ4v) is 4.14. The Balaban J connectivity index is 1.80. The molecule has 0 atom stereocenters. The fourth-order valence-electron chi connectivity index (χ4n) is 2.96. The van der Waals surface area contributed by atoms with Crippen LogP contribution in [0.4, 0.5) is 13.2 Å². The van der Waals surface area contributed by atoms with Crippen molar-refractivity contribution < 1.29 is 21.6 Å². The van der Waals surface area contributed by atoms with Gasteiger partial charge >= 0.3 is 6.18 Å². The molecule has 0 amide bonds. The van der Waals surface area contributed by atoms with Crippen molar-refractivity contribution in [2.24, 2.45) is 5.14 Å². The van der Waals surface area contributed by atoms with Crippen molar-refractivity contribution >= 4 is 21.4 Å². The standard InChI is InChI=1S/C20H14F3N3O2S2/c21-20(22,23)19-11-18(14-3-1-13(2-4-14)15-9-10-29-12-15)26(25-19)16-5-7-17(8-6-16)30(24,27)28/h1-12H,(H2,24,27,28). The maximum absolute atomic E-state index is 13.3. The number of hydrogen-bond acceptors (Lipinski definition) is 4. The Hall–Kier alpha value is -2.95. The van der Waals surface area contributed by atoms with E-state index in [1.807, 2.05) is 29.0 Å². The molecule has 0 aliphatic carbocycles. The van der Waals surface area contributed by atoms with Crippen LogP contribution in [0.3, 0.4) is 0 Å². The summed E-state index contributed by atoms with van der Waals surface area (Å²) in [6, 6.07) is 15.2. The summed E-state index contributed by atoms with van der Waals surface area (Å²) < 4.78 is 64.0. The predicted molar refractivity (Wildman–Crippen MR) is 109 cm³/mol. The molecule has 2 aromatic carbocycles. The topological polar surface area (TPSA) is 78.0 Å². The third-order valence-electron chi connectivity index (χ3n) is 4.44. The second-order valence-electron chi connectivity index (χ2n) is 6.45. The van der Waals surface area contributed by atoms with E-state index >= 15 is 0 Å². The minimum Gasteiger partial charge on any atom is -0.233 e. The number of thiophene rings is 1. The number of aromatic nitrogens is 2. The van der Waals surface area contributed by atoms with Gasteiger partial charge in [-0.3, -0.25) is 0 Å². The molecular weight excluding hydrogens is 435 g/mol. The zero-order valence-corrected chi connectivity index (χ0v) is 16.8. The lowest BCUT2D eigenvalue weighted by atomic mass is 10.0. The van der Waals surface area contributed by atoms with Crippen molar-refractivity contribution in [2.45, 2.75) is 11.1 Å². The van der Waals surface area contributed by atoms with Gasteiger partial charge in [0.25, 0.3) is 0 Å². The zero-order valence-electron chi connectivity index (χ0n) is 15.2. The van der Waals surface area contributed by atoms with Crippen molar-refractivity contribution in [3.05, 3.63) is 77.1 Å². The maximum atomic E-state index is 13.3. The third-order valence-corrected chi connectivity index (χ3v) is 6.06. The van der Waals surface area contributed by atoms with E-state index in [1.165, 1.54) is 24.3 Å². The van der Waals surface area contributed by atoms with Crippen molar-refractivity contribution in [1.82, 2.24) is 9.78 Å². The summed E-state index contributed by atoms with van der Waals surface area (Å²) in [5.74, 6) is 0. The lowest BCUT2D eigenvalue weighted by Crippen LogP contribution is -2.12. The van der Waals surface area contributed by atoms with E-state index in [0.29, 0.717) is 5.56 Å². The normalized spacial score (nSPS) is 12.3. The molecule has 2 heterocycles. The first-order chi connectivity index (χ1) is 14.1. The number of benzene rings is 2. The van der Waals surface area contributed by atoms with Gasteiger partial charge < -0.3 is 0 Å². The molecule has 10 heteroatoms. The van der Waals surface area contributed by atoms with E-state index in [0.717, 1.165) is 21.9 Å². The molecule has 5 nitrogen and oxygen atoms in total. The largest absolute Gasteiger partial charge is 0.435 e. The van der Waals surface area contributed by atoms with Gasteiger partial charge in [-0.25, -0.2) is 18.2 Å². The lowest BCUT2D eigenvalue weighted by molar-refractivity contribution is -0.141. The van der Waals surface area contributed by atoms with Crippen LogP contribution in [-0.2, 0) is 16.2 Å². The highest BCUT2D eigenvalue weighted by molar-refractivity contribution is 7.89. The molecule has 154 valence electrons. The van der Waals surface area contributed by atoms with Crippen LogP contribution >= 0.6 is 11.3 Å². The molecule has 2 aromatic heterocycles. The van der Waals surface area contributed by atoms with Crippen LogP contribution < -0.4 is 5.14 Å². The van der Waals surface area contributed by atoms with Crippen molar-refractivity contribution in [1.29, 1.82) is 0 Å². The summed E-state index contributed by atoms with van der Waals surface area (Å²) in [5, 5.41) is 12.7. The number of rotatable bonds is 4. The molecule has 0 aliphatic heterocycles. The Kier molecular flexibility index (Phi) is 5.00. The number of halogens is 3. The van der Waals surface area contributed by atoms with Gasteiger partial charge in [-0.1, -0.05) is 24.3 Å². The van der Waals surface area contributed by atoms with Gasteiger partial charge in [0.15, 0.2) is 5.69 Å². The highest BCUT2D eigenvalue weighted by Crippen LogP contribution is 2.34. The maximum Gasteiger partial charge on any atom is 0.435 e. The van der Waals surface area contributed by atoms with Crippen LogP contribution in [0.25, 0.3) is 28.1 Å². The Labute approximate surface area is 174 Å². The van der Waals surface area contributed by atoms with Gasteiger partial charge in [0.05, 0.1) is 16.3 Å². The molecule has 0 aliphatic rings. The van der Waals surface area contributed by atoms with E-state index in [9.17, 15) is 21.6 Å². The first-order valence-electron chi connectivity index (χ1n) is 8.56. The predicted octanol–water partition coefficient (Wildman–Crippen LogP) is 4.93. The monoisotopic (exact) mass is 449 g/mol. The summed E-state index contributed by atoms with van der Waals surface area (Å²) in [6.45, 7) is 0. The van der Waals surface area contributed by atoms with Gasteiger partial charge in [0, 0.05) is 5.56 Å². The van der Waals surface area contributed by atoms with E-state index in [1.54, 1.807) is 23.5 Å². The number of hydrogen-bond donors (Lipinski definition) is 1. The Morgan fingerprint density at radius 2 is 1.53 bits per heavy atom. The number of nitrogens with zero attached hydrogens (tertiary/aromatic N) is 2. The lowest BCUT2D eigenvalue weighted by Gasteiger charge is -2.09. The van der Waals surface area contributed by atoms with Crippen molar-refractivity contribution in [3.63, 3.8) is 0 Å². The molecule has 30 heavy (non-hydrogen) atoms. The average molecular weight is 449 g/mol. The minimum absolute atomic E-state index is 0.142. The highest BCUT2D eigenvalue weighted by Gasteiger charge is 2.35. The molecule has 0 saturated heterocycles. The smallest absolute Gasteiger partial charge is 0.233 e. The molecule has 0 radical (unpaired) electrons. The van der Waals surface area contributed by atoms with Crippen LogP contribution in [0.15, 0.2) is 76.3 Å². The highest BCUT2D eigenvalue weighted by atomic mass is 32.2. The second kappa shape index (κ2) is 7.38. The summed E-state index contributed by atoms with van der Waals surface area (Å²) in [7, 11) is -3.92. The van der Waals surface area contributed by atoms with Crippen LogP contribution in [-0.4, -0.2) is 18.2 Å².